The molecule has 0 radical (unpaired) electrons. The summed E-state index contributed by atoms with van der Waals surface area (Å²) in [6.07, 6.45) is 2.93. The third-order valence-electron chi connectivity index (χ3n) is 4.07. The number of piperidine rings is 1. The fraction of sp³-hybridized carbons (Fsp3) is 0.667. The fourth-order valence-corrected chi connectivity index (χ4v) is 2.76. The van der Waals surface area contributed by atoms with E-state index in [1.807, 2.05) is 6.07 Å². The molecule has 1 heterocycles. The van der Waals surface area contributed by atoms with Crippen LogP contribution in [0.5, 0.6) is 5.75 Å². The minimum absolute atomic E-state index is 0.136. The van der Waals surface area contributed by atoms with Gasteiger partial charge in [0.05, 0.1) is 12.7 Å². The van der Waals surface area contributed by atoms with Crippen LogP contribution in [0.2, 0.25) is 0 Å². The minimum Gasteiger partial charge on any atom is -0.494 e. The number of likely N-dealkylation sites (tertiary alicyclic amines) is 1. The van der Waals surface area contributed by atoms with Gasteiger partial charge in [-0.3, -0.25) is 0 Å². The van der Waals surface area contributed by atoms with E-state index in [-0.39, 0.29) is 11.5 Å². The highest BCUT2D eigenvalue weighted by Gasteiger charge is 2.17. The van der Waals surface area contributed by atoms with Crippen LogP contribution in [0, 0.1) is 0 Å². The summed E-state index contributed by atoms with van der Waals surface area (Å²) < 4.78 is 5.87. The molecule has 1 aromatic carbocycles. The molecule has 1 aliphatic heterocycles. The largest absolute Gasteiger partial charge is 0.494 e. The topological polar surface area (TPSA) is 32.7 Å². The first-order valence-corrected chi connectivity index (χ1v) is 8.09. The molecule has 1 fully saturated rings. The highest BCUT2D eigenvalue weighted by Crippen LogP contribution is 2.25. The molecule has 0 saturated carbocycles. The molecule has 3 heteroatoms. The van der Waals surface area contributed by atoms with Crippen LogP contribution in [0.25, 0.3) is 0 Å². The first-order chi connectivity index (χ1) is 9.95. The van der Waals surface area contributed by atoms with E-state index in [4.69, 9.17) is 4.74 Å². The standard InChI is InChI=1S/C18H29NO2/c1-18(2,3)15-7-4-9-17(13-15)21-12-6-11-19-10-5-8-16(20)14-19/h4,7,9,13,16,20H,5-6,8,10-12,14H2,1-3H3. The Balaban J connectivity index is 1.73. The van der Waals surface area contributed by atoms with Crippen molar-refractivity contribution in [2.24, 2.45) is 0 Å². The molecule has 1 atom stereocenters. The zero-order valence-corrected chi connectivity index (χ0v) is 13.6. The highest BCUT2D eigenvalue weighted by atomic mass is 16.5. The van der Waals surface area contributed by atoms with Crippen LogP contribution in [0.15, 0.2) is 24.3 Å². The number of hydrogen-bond donors (Lipinski definition) is 1. The minimum atomic E-state index is -0.136. The van der Waals surface area contributed by atoms with Crippen LogP contribution in [0.3, 0.4) is 0 Å². The van der Waals surface area contributed by atoms with E-state index in [0.717, 1.165) is 51.3 Å². The number of ether oxygens (including phenoxy) is 1. The van der Waals surface area contributed by atoms with E-state index in [1.54, 1.807) is 0 Å². The van der Waals surface area contributed by atoms with Gasteiger partial charge in [-0.2, -0.15) is 0 Å². The number of benzene rings is 1. The summed E-state index contributed by atoms with van der Waals surface area (Å²) >= 11 is 0. The van der Waals surface area contributed by atoms with Gasteiger partial charge in [0.1, 0.15) is 5.75 Å². The monoisotopic (exact) mass is 291 g/mol. The Bertz CT molecular complexity index is 439. The molecule has 1 unspecified atom stereocenters. The van der Waals surface area contributed by atoms with Gasteiger partial charge >= 0.3 is 0 Å². The zero-order chi connectivity index (χ0) is 15.3. The average molecular weight is 291 g/mol. The number of β-amino-alcohol motifs (C(OH)–C–C–N with tert-alkyl or cyclic N) is 1. The van der Waals surface area contributed by atoms with Crippen molar-refractivity contribution < 1.29 is 9.84 Å². The van der Waals surface area contributed by atoms with E-state index >= 15 is 0 Å². The van der Waals surface area contributed by atoms with E-state index in [1.165, 1.54) is 5.56 Å². The maximum absolute atomic E-state index is 9.65. The van der Waals surface area contributed by atoms with Crippen molar-refractivity contribution in [1.29, 1.82) is 0 Å². The summed E-state index contributed by atoms with van der Waals surface area (Å²) in [5.74, 6) is 0.959. The lowest BCUT2D eigenvalue weighted by atomic mass is 9.87. The van der Waals surface area contributed by atoms with Crippen molar-refractivity contribution in [2.45, 2.75) is 51.6 Å². The Kier molecular flexibility index (Phi) is 5.65. The fourth-order valence-electron chi connectivity index (χ4n) is 2.76. The molecule has 1 saturated heterocycles. The molecule has 118 valence electrons. The molecule has 0 spiro atoms. The van der Waals surface area contributed by atoms with Gasteiger partial charge in [-0.05, 0) is 48.9 Å². The number of nitrogens with zero attached hydrogens (tertiary/aromatic N) is 1. The molecular weight excluding hydrogens is 262 g/mol. The van der Waals surface area contributed by atoms with Crippen molar-refractivity contribution in [3.8, 4) is 5.75 Å². The Hall–Kier alpha value is -1.06. The molecule has 21 heavy (non-hydrogen) atoms. The van der Waals surface area contributed by atoms with Crippen molar-refractivity contribution in [1.82, 2.24) is 4.90 Å². The van der Waals surface area contributed by atoms with Gasteiger partial charge in [0, 0.05) is 13.1 Å². The SMILES string of the molecule is CC(C)(C)c1cccc(OCCCN2CCCC(O)C2)c1. The maximum atomic E-state index is 9.65. The van der Waals surface area contributed by atoms with E-state index in [2.05, 4.69) is 43.9 Å². The van der Waals surface area contributed by atoms with Crippen LogP contribution in [0.1, 0.15) is 45.6 Å². The summed E-state index contributed by atoms with van der Waals surface area (Å²) in [5, 5.41) is 9.65. The number of aliphatic hydroxyl groups is 1. The molecule has 1 aliphatic rings. The summed E-state index contributed by atoms with van der Waals surface area (Å²) in [6, 6.07) is 8.39. The smallest absolute Gasteiger partial charge is 0.119 e. The third kappa shape index (κ3) is 5.33. The molecule has 2 rings (SSSR count). The predicted molar refractivity (Wildman–Crippen MR) is 86.9 cm³/mol. The first-order valence-electron chi connectivity index (χ1n) is 8.09. The molecule has 1 N–H and O–H groups in total. The second-order valence-corrected chi connectivity index (χ2v) is 7.08. The van der Waals surface area contributed by atoms with Crippen molar-refractivity contribution in [3.05, 3.63) is 29.8 Å². The second-order valence-electron chi connectivity index (χ2n) is 7.08. The van der Waals surface area contributed by atoms with Crippen molar-refractivity contribution in [2.75, 3.05) is 26.2 Å². The molecular formula is C18H29NO2. The van der Waals surface area contributed by atoms with Gasteiger partial charge in [0.25, 0.3) is 0 Å². The molecule has 0 aromatic heterocycles. The van der Waals surface area contributed by atoms with Crippen molar-refractivity contribution >= 4 is 0 Å². The van der Waals surface area contributed by atoms with Crippen LogP contribution >= 0.6 is 0 Å². The highest BCUT2D eigenvalue weighted by molar-refractivity contribution is 5.32. The van der Waals surface area contributed by atoms with Crippen LogP contribution in [-0.2, 0) is 5.41 Å². The Morgan fingerprint density at radius 2 is 2.14 bits per heavy atom. The van der Waals surface area contributed by atoms with Gasteiger partial charge in [-0.1, -0.05) is 32.9 Å². The lowest BCUT2D eigenvalue weighted by Gasteiger charge is -2.29. The quantitative estimate of drug-likeness (QED) is 0.846. The molecule has 0 bridgehead atoms. The predicted octanol–water partition coefficient (Wildman–Crippen LogP) is 3.21. The van der Waals surface area contributed by atoms with E-state index < -0.39 is 0 Å². The van der Waals surface area contributed by atoms with Crippen molar-refractivity contribution in [3.63, 3.8) is 0 Å². The third-order valence-corrected chi connectivity index (χ3v) is 4.07. The van der Waals surface area contributed by atoms with E-state index in [9.17, 15) is 5.11 Å². The summed E-state index contributed by atoms with van der Waals surface area (Å²) in [4.78, 5) is 2.34. The second kappa shape index (κ2) is 7.28. The molecule has 0 amide bonds. The number of hydrogen-bond acceptors (Lipinski definition) is 3. The molecule has 0 aliphatic carbocycles. The van der Waals surface area contributed by atoms with Crippen LogP contribution in [0.4, 0.5) is 0 Å². The van der Waals surface area contributed by atoms with E-state index in [0.29, 0.717) is 0 Å². The van der Waals surface area contributed by atoms with Gasteiger partial charge in [0.15, 0.2) is 0 Å². The van der Waals surface area contributed by atoms with Gasteiger partial charge in [-0.15, -0.1) is 0 Å². The van der Waals surface area contributed by atoms with Crippen LogP contribution in [-0.4, -0.2) is 42.4 Å². The lowest BCUT2D eigenvalue weighted by Crippen LogP contribution is -2.39. The lowest BCUT2D eigenvalue weighted by molar-refractivity contribution is 0.0679. The Morgan fingerprint density at radius 3 is 2.86 bits per heavy atom. The van der Waals surface area contributed by atoms with Gasteiger partial charge in [-0.25, -0.2) is 0 Å². The van der Waals surface area contributed by atoms with Gasteiger partial charge < -0.3 is 14.7 Å². The van der Waals surface area contributed by atoms with Crippen LogP contribution < -0.4 is 4.74 Å². The summed E-state index contributed by atoms with van der Waals surface area (Å²) in [5.41, 5.74) is 1.46. The average Bonchev–Trinajstić information content (AvgIpc) is 2.43. The Morgan fingerprint density at radius 1 is 1.33 bits per heavy atom. The summed E-state index contributed by atoms with van der Waals surface area (Å²) in [6.45, 7) is 10.3. The normalized spacial score (nSPS) is 20.5. The summed E-state index contributed by atoms with van der Waals surface area (Å²) in [7, 11) is 0. The molecule has 1 aromatic rings. The molecule has 3 nitrogen and oxygen atoms in total. The Labute approximate surface area is 128 Å². The van der Waals surface area contributed by atoms with Gasteiger partial charge in [0.2, 0.25) is 0 Å². The zero-order valence-electron chi connectivity index (χ0n) is 13.6. The maximum Gasteiger partial charge on any atom is 0.119 e. The first kappa shape index (κ1) is 16.3. The number of rotatable bonds is 5. The number of aliphatic hydroxyl groups excluding tert-OH is 1.